The molecule has 0 fully saturated rings. The van der Waals surface area contributed by atoms with Crippen molar-refractivity contribution >= 4 is 18.5 Å². The first-order valence-corrected chi connectivity index (χ1v) is 6.06. The van der Waals surface area contributed by atoms with Gasteiger partial charge in [0.15, 0.2) is 0 Å². The van der Waals surface area contributed by atoms with Gasteiger partial charge in [-0.15, -0.1) is 0 Å². The van der Waals surface area contributed by atoms with Crippen LogP contribution in [0.2, 0.25) is 0 Å². The highest BCUT2D eigenvalue weighted by molar-refractivity contribution is 7.81. The van der Waals surface area contributed by atoms with E-state index in [9.17, 15) is 18.0 Å². The van der Waals surface area contributed by atoms with E-state index in [0.29, 0.717) is 6.42 Å². The molecule has 0 heterocycles. The number of rotatable bonds is 5. The molecule has 1 aromatic rings. The Hall–Kier alpha value is -1.37. The van der Waals surface area contributed by atoms with Crippen molar-refractivity contribution in [3.63, 3.8) is 0 Å². The number of amides is 1. The molecule has 106 valence electrons. The monoisotopic (exact) mass is 293 g/mol. The number of nitrogens with one attached hydrogen (secondary N) is 1. The maximum Gasteiger partial charge on any atom is 0.416 e. The molecule has 1 atom stereocenters. The zero-order valence-corrected chi connectivity index (χ0v) is 11.1. The molecule has 0 aliphatic rings. The molecule has 0 spiro atoms. The highest BCUT2D eigenvalue weighted by Gasteiger charge is 2.30. The minimum absolute atomic E-state index is 0.114. The second kappa shape index (κ2) is 6.70. The number of alkyl halides is 3. The number of hydrogen-bond donors (Lipinski definition) is 2. The number of benzene rings is 1. The van der Waals surface area contributed by atoms with Gasteiger partial charge in [-0.1, -0.05) is 6.07 Å². The molecule has 1 aromatic carbocycles. The minimum atomic E-state index is -4.40. The SMILES string of the molecule is CNC(=O)C(S)CCOc1cccc(C(F)(F)F)c1. The Morgan fingerprint density at radius 2 is 2.16 bits per heavy atom. The molecule has 0 saturated carbocycles. The summed E-state index contributed by atoms with van der Waals surface area (Å²) in [6.45, 7) is 0.114. The summed E-state index contributed by atoms with van der Waals surface area (Å²) in [6, 6.07) is 4.60. The summed E-state index contributed by atoms with van der Waals surface area (Å²) < 4.78 is 42.5. The van der Waals surface area contributed by atoms with Crippen LogP contribution in [0.3, 0.4) is 0 Å². The summed E-state index contributed by atoms with van der Waals surface area (Å²) in [5.41, 5.74) is -0.765. The molecule has 1 unspecified atom stereocenters. The van der Waals surface area contributed by atoms with E-state index in [4.69, 9.17) is 4.74 Å². The molecule has 3 nitrogen and oxygen atoms in total. The fourth-order valence-corrected chi connectivity index (χ4v) is 1.58. The zero-order valence-electron chi connectivity index (χ0n) is 10.2. The lowest BCUT2D eigenvalue weighted by atomic mass is 10.2. The molecule has 1 rings (SSSR count). The quantitative estimate of drug-likeness (QED) is 0.819. The van der Waals surface area contributed by atoms with E-state index in [0.717, 1.165) is 12.1 Å². The van der Waals surface area contributed by atoms with Crippen LogP contribution in [0, 0.1) is 0 Å². The lowest BCUT2D eigenvalue weighted by Gasteiger charge is -2.12. The van der Waals surface area contributed by atoms with Crippen molar-refractivity contribution in [3.05, 3.63) is 29.8 Å². The van der Waals surface area contributed by atoms with Gasteiger partial charge in [0.25, 0.3) is 0 Å². The average molecular weight is 293 g/mol. The third-order valence-corrected chi connectivity index (χ3v) is 2.86. The number of ether oxygens (including phenoxy) is 1. The van der Waals surface area contributed by atoms with Gasteiger partial charge in [-0.3, -0.25) is 4.79 Å². The molecule has 1 N–H and O–H groups in total. The van der Waals surface area contributed by atoms with Crippen molar-refractivity contribution in [3.8, 4) is 5.75 Å². The molecule has 0 bridgehead atoms. The Labute approximate surface area is 114 Å². The van der Waals surface area contributed by atoms with Gasteiger partial charge in [0.1, 0.15) is 5.75 Å². The van der Waals surface area contributed by atoms with Crippen LogP contribution in [0.4, 0.5) is 13.2 Å². The average Bonchev–Trinajstić information content (AvgIpc) is 2.37. The summed E-state index contributed by atoms with van der Waals surface area (Å²) in [5.74, 6) is -0.136. The lowest BCUT2D eigenvalue weighted by molar-refractivity contribution is -0.137. The second-order valence-electron chi connectivity index (χ2n) is 3.79. The van der Waals surface area contributed by atoms with E-state index in [1.165, 1.54) is 19.2 Å². The van der Waals surface area contributed by atoms with E-state index in [1.54, 1.807) is 0 Å². The summed E-state index contributed by atoms with van der Waals surface area (Å²) in [7, 11) is 1.49. The standard InChI is InChI=1S/C12H14F3NO2S/c1-16-11(17)10(19)5-6-18-9-4-2-3-8(7-9)12(13,14)15/h2-4,7,10,19H,5-6H2,1H3,(H,16,17). The maximum atomic E-state index is 12.4. The number of hydrogen-bond acceptors (Lipinski definition) is 3. The molecule has 7 heteroatoms. The Kier molecular flexibility index (Phi) is 5.53. The molecular weight excluding hydrogens is 279 g/mol. The van der Waals surface area contributed by atoms with Crippen LogP contribution < -0.4 is 10.1 Å². The Balaban J connectivity index is 2.53. The predicted molar refractivity (Wildman–Crippen MR) is 68.4 cm³/mol. The highest BCUT2D eigenvalue weighted by Crippen LogP contribution is 2.31. The van der Waals surface area contributed by atoms with Crippen LogP contribution in [0.15, 0.2) is 24.3 Å². The van der Waals surface area contributed by atoms with Crippen molar-refractivity contribution in [2.75, 3.05) is 13.7 Å². The number of halogens is 3. The van der Waals surface area contributed by atoms with Crippen LogP contribution >= 0.6 is 12.6 Å². The Morgan fingerprint density at radius 3 is 2.74 bits per heavy atom. The van der Waals surface area contributed by atoms with Gasteiger partial charge in [-0.2, -0.15) is 25.8 Å². The minimum Gasteiger partial charge on any atom is -0.494 e. The van der Waals surface area contributed by atoms with Gasteiger partial charge < -0.3 is 10.1 Å². The summed E-state index contributed by atoms with van der Waals surface area (Å²) in [5, 5.41) is 1.88. The summed E-state index contributed by atoms with van der Waals surface area (Å²) >= 11 is 4.05. The first kappa shape index (κ1) is 15.7. The molecular formula is C12H14F3NO2S. The summed E-state index contributed by atoms with van der Waals surface area (Å²) in [4.78, 5) is 11.1. The molecule has 0 radical (unpaired) electrons. The molecule has 0 aliphatic heterocycles. The van der Waals surface area contributed by atoms with E-state index >= 15 is 0 Å². The van der Waals surface area contributed by atoms with Crippen LogP contribution in [0.5, 0.6) is 5.75 Å². The number of thiol groups is 1. The van der Waals surface area contributed by atoms with E-state index in [-0.39, 0.29) is 18.3 Å². The number of carbonyl (C=O) groups excluding carboxylic acids is 1. The van der Waals surface area contributed by atoms with Crippen LogP contribution in [0.1, 0.15) is 12.0 Å². The Bertz CT molecular complexity index is 437. The predicted octanol–water partition coefficient (Wildman–Crippen LogP) is 2.52. The third kappa shape index (κ3) is 5.02. The van der Waals surface area contributed by atoms with Gasteiger partial charge in [0, 0.05) is 13.5 Å². The molecule has 0 aliphatic carbocycles. The molecule has 0 aromatic heterocycles. The van der Waals surface area contributed by atoms with Gasteiger partial charge in [0.05, 0.1) is 17.4 Å². The molecule has 1 amide bonds. The first-order valence-electron chi connectivity index (χ1n) is 5.54. The van der Waals surface area contributed by atoms with Gasteiger partial charge in [-0.05, 0) is 18.2 Å². The lowest BCUT2D eigenvalue weighted by Crippen LogP contribution is -2.29. The van der Waals surface area contributed by atoms with Crippen molar-refractivity contribution < 1.29 is 22.7 Å². The summed E-state index contributed by atoms with van der Waals surface area (Å²) in [6.07, 6.45) is -4.09. The smallest absolute Gasteiger partial charge is 0.416 e. The second-order valence-corrected chi connectivity index (χ2v) is 4.42. The topological polar surface area (TPSA) is 38.3 Å². The van der Waals surface area contributed by atoms with Crippen molar-refractivity contribution in [2.24, 2.45) is 0 Å². The number of carbonyl (C=O) groups is 1. The highest BCUT2D eigenvalue weighted by atomic mass is 32.1. The van der Waals surface area contributed by atoms with E-state index in [1.807, 2.05) is 0 Å². The van der Waals surface area contributed by atoms with Crippen LogP contribution in [-0.2, 0) is 11.0 Å². The largest absolute Gasteiger partial charge is 0.494 e. The molecule has 19 heavy (non-hydrogen) atoms. The van der Waals surface area contributed by atoms with Crippen molar-refractivity contribution in [1.82, 2.24) is 5.32 Å². The van der Waals surface area contributed by atoms with Crippen LogP contribution in [-0.4, -0.2) is 24.8 Å². The van der Waals surface area contributed by atoms with Gasteiger partial charge in [-0.25, -0.2) is 0 Å². The van der Waals surface area contributed by atoms with E-state index in [2.05, 4.69) is 17.9 Å². The Morgan fingerprint density at radius 1 is 1.47 bits per heavy atom. The van der Waals surface area contributed by atoms with Crippen molar-refractivity contribution in [1.29, 1.82) is 0 Å². The maximum absolute atomic E-state index is 12.4. The third-order valence-electron chi connectivity index (χ3n) is 2.37. The van der Waals surface area contributed by atoms with Crippen molar-refractivity contribution in [2.45, 2.75) is 17.8 Å². The fourth-order valence-electron chi connectivity index (χ4n) is 1.35. The fraction of sp³-hybridized carbons (Fsp3) is 0.417. The normalized spacial score (nSPS) is 12.9. The van der Waals surface area contributed by atoms with E-state index < -0.39 is 17.0 Å². The van der Waals surface area contributed by atoms with Gasteiger partial charge in [0.2, 0.25) is 5.91 Å². The van der Waals surface area contributed by atoms with Gasteiger partial charge >= 0.3 is 6.18 Å². The van der Waals surface area contributed by atoms with Crippen LogP contribution in [0.25, 0.3) is 0 Å². The first-order chi connectivity index (χ1) is 8.84. The zero-order chi connectivity index (χ0) is 14.5. The molecule has 0 saturated heterocycles.